The maximum absolute atomic E-state index is 14.2. The summed E-state index contributed by atoms with van der Waals surface area (Å²) >= 11 is 0. The monoisotopic (exact) mass is 692 g/mol. The Bertz CT molecular complexity index is 2510. The normalized spacial score (nSPS) is 11.8. The number of nitrogen functional groups attached to an aromatic ring is 2. The van der Waals surface area contributed by atoms with E-state index >= 15 is 0 Å². The van der Waals surface area contributed by atoms with Gasteiger partial charge in [-0.05, 0) is 64.8 Å². The third kappa shape index (κ3) is 5.32. The predicted octanol–water partition coefficient (Wildman–Crippen LogP) is 3.74. The Hall–Kier alpha value is -6.55. The Balaban J connectivity index is 1.52. The van der Waals surface area contributed by atoms with E-state index in [0.29, 0.717) is 22.5 Å². The van der Waals surface area contributed by atoms with Gasteiger partial charge in [-0.25, -0.2) is 19.9 Å². The molecule has 0 aliphatic carbocycles. The number of amides is 2. The summed E-state index contributed by atoms with van der Waals surface area (Å²) in [6, 6.07) is 4.75. The number of anilines is 3. The van der Waals surface area contributed by atoms with E-state index < -0.39 is 17.4 Å². The van der Waals surface area contributed by atoms with Crippen molar-refractivity contribution in [1.82, 2.24) is 29.1 Å². The summed E-state index contributed by atoms with van der Waals surface area (Å²) in [4.78, 5) is 56.5. The number of benzene rings is 2. The number of aryl methyl sites for hydroxylation is 2. The highest BCUT2D eigenvalue weighted by molar-refractivity contribution is 6.16. The molecule has 6 aromatic rings. The van der Waals surface area contributed by atoms with Crippen molar-refractivity contribution in [1.29, 1.82) is 0 Å². The summed E-state index contributed by atoms with van der Waals surface area (Å²) < 4.78 is 2.92. The molecular formula is C35H36N10O6. The molecule has 0 unspecified atom stereocenters. The van der Waals surface area contributed by atoms with Gasteiger partial charge >= 0.3 is 0 Å². The van der Waals surface area contributed by atoms with Crippen molar-refractivity contribution in [2.24, 2.45) is 5.73 Å². The number of phenolic OH excluding ortho intramolecular Hbond substituents is 2. The molecule has 0 saturated carbocycles. The van der Waals surface area contributed by atoms with Crippen molar-refractivity contribution in [3.8, 4) is 22.9 Å². The van der Waals surface area contributed by atoms with Crippen LogP contribution in [0.4, 0.5) is 17.3 Å². The molecule has 0 aliphatic heterocycles. The topological polar surface area (TPSA) is 263 Å². The summed E-state index contributed by atoms with van der Waals surface area (Å²) in [7, 11) is 0. The molecule has 4 aromatic heterocycles. The lowest BCUT2D eigenvalue weighted by molar-refractivity contribution is 0.0737. The molecule has 10 N–H and O–H groups in total. The zero-order valence-corrected chi connectivity index (χ0v) is 28.9. The second-order valence-electron chi connectivity index (χ2n) is 12.9. The number of carbonyl (C=O) groups is 3. The van der Waals surface area contributed by atoms with Crippen molar-refractivity contribution in [3.63, 3.8) is 0 Å². The van der Waals surface area contributed by atoms with Crippen molar-refractivity contribution in [2.75, 3.05) is 16.8 Å². The second kappa shape index (κ2) is 11.8. The molecule has 0 spiro atoms. The van der Waals surface area contributed by atoms with Crippen LogP contribution >= 0.6 is 0 Å². The Labute approximate surface area is 290 Å². The maximum Gasteiger partial charge on any atom is 0.261 e. The Morgan fingerprint density at radius 2 is 1.39 bits per heavy atom. The lowest BCUT2D eigenvalue weighted by Crippen LogP contribution is -2.19. The fourth-order valence-corrected chi connectivity index (χ4v) is 6.26. The number of primary amides is 1. The number of Topliss-reactive ketones (excluding diaryl/α,β-unsaturated/α-hetero) is 1. The highest BCUT2D eigenvalue weighted by atomic mass is 16.3. The average Bonchev–Trinajstić information content (AvgIpc) is 3.50. The quantitative estimate of drug-likeness (QED) is 0.0932. The van der Waals surface area contributed by atoms with Crippen LogP contribution in [-0.4, -0.2) is 62.0 Å². The molecule has 2 aromatic carbocycles. The minimum absolute atomic E-state index is 0.00390. The van der Waals surface area contributed by atoms with Gasteiger partial charge in [-0.1, -0.05) is 6.07 Å². The number of carbonyl (C=O) groups excluding carboxylic acids is 3. The maximum atomic E-state index is 14.2. The third-order valence-corrected chi connectivity index (χ3v) is 8.86. The number of nitrogens with one attached hydrogen (secondary N) is 1. The smallest absolute Gasteiger partial charge is 0.261 e. The van der Waals surface area contributed by atoms with E-state index in [1.165, 1.54) is 48.4 Å². The lowest BCUT2D eigenvalue weighted by Gasteiger charge is -2.18. The number of ketones is 1. The van der Waals surface area contributed by atoms with E-state index in [9.17, 15) is 29.7 Å². The molecule has 4 heterocycles. The zero-order chi connectivity index (χ0) is 37.4. The van der Waals surface area contributed by atoms with E-state index in [1.807, 2.05) is 6.92 Å². The van der Waals surface area contributed by atoms with Gasteiger partial charge in [-0.15, -0.1) is 0 Å². The van der Waals surface area contributed by atoms with Gasteiger partial charge in [0.15, 0.2) is 17.1 Å². The molecular weight excluding hydrogens is 656 g/mol. The minimum Gasteiger partial charge on any atom is -0.508 e. The first kappa shape index (κ1) is 34.3. The highest BCUT2D eigenvalue weighted by Crippen LogP contribution is 2.41. The van der Waals surface area contributed by atoms with Gasteiger partial charge in [0.25, 0.3) is 11.8 Å². The first-order valence-electron chi connectivity index (χ1n) is 15.7. The van der Waals surface area contributed by atoms with Crippen LogP contribution in [0.5, 0.6) is 11.5 Å². The standard InChI is InChI=1S/C35H36N10O6/c1-13-8-9-20(47)15(3)26(13)44-30(37)23(25-33(44)40-12-21(43-25)35(6,7)51)34(50)42-18-10-14(2)27(16(4)28(18)48)45-29(36)22(31(38)49)24-32(45)39-11-19(41-24)17(5)46/h8-12,47-48,51H,36-37H2,1-7H3,(H2,38,49)(H,42,50). The molecule has 51 heavy (non-hydrogen) atoms. The van der Waals surface area contributed by atoms with Crippen LogP contribution in [0, 0.1) is 27.7 Å². The van der Waals surface area contributed by atoms with Crippen LogP contribution in [-0.2, 0) is 5.60 Å². The number of fused-ring (bicyclic) bond motifs is 2. The van der Waals surface area contributed by atoms with Crippen LogP contribution in [0.3, 0.4) is 0 Å². The Morgan fingerprint density at radius 3 is 1.98 bits per heavy atom. The number of aliphatic hydroxyl groups is 1. The number of phenols is 2. The number of nitrogens with zero attached hydrogens (tertiary/aromatic N) is 6. The van der Waals surface area contributed by atoms with E-state index in [-0.39, 0.29) is 85.0 Å². The number of rotatable bonds is 7. The van der Waals surface area contributed by atoms with Gasteiger partial charge in [0, 0.05) is 18.1 Å². The zero-order valence-electron chi connectivity index (χ0n) is 28.9. The van der Waals surface area contributed by atoms with Crippen LogP contribution in [0.2, 0.25) is 0 Å². The van der Waals surface area contributed by atoms with Crippen LogP contribution in [0.25, 0.3) is 33.7 Å². The molecule has 0 fully saturated rings. The van der Waals surface area contributed by atoms with Gasteiger partial charge in [0.1, 0.15) is 56.6 Å². The molecule has 262 valence electrons. The van der Waals surface area contributed by atoms with E-state index in [0.717, 1.165) is 5.56 Å². The van der Waals surface area contributed by atoms with Crippen molar-refractivity contribution >= 4 is 57.2 Å². The summed E-state index contributed by atoms with van der Waals surface area (Å²) in [6.07, 6.45) is 2.63. The summed E-state index contributed by atoms with van der Waals surface area (Å²) in [5.74, 6) is -2.52. The summed E-state index contributed by atoms with van der Waals surface area (Å²) in [5, 5.41) is 35.5. The first-order chi connectivity index (χ1) is 23.8. The van der Waals surface area contributed by atoms with E-state index in [4.69, 9.17) is 17.2 Å². The number of aromatic hydroxyl groups is 2. The molecule has 0 aliphatic rings. The number of hydrogen-bond acceptors (Lipinski definition) is 12. The highest BCUT2D eigenvalue weighted by Gasteiger charge is 2.31. The molecule has 0 bridgehead atoms. The average molecular weight is 693 g/mol. The minimum atomic E-state index is -1.41. The van der Waals surface area contributed by atoms with Crippen molar-refractivity contribution < 1.29 is 29.7 Å². The number of nitrogens with two attached hydrogens (primary N) is 3. The molecule has 16 heteroatoms. The molecule has 6 rings (SSSR count). The van der Waals surface area contributed by atoms with Crippen molar-refractivity contribution in [2.45, 2.75) is 54.1 Å². The van der Waals surface area contributed by atoms with Gasteiger partial charge in [-0.2, -0.15) is 0 Å². The van der Waals surface area contributed by atoms with Gasteiger partial charge in [0.2, 0.25) is 0 Å². The predicted molar refractivity (Wildman–Crippen MR) is 191 cm³/mol. The lowest BCUT2D eigenvalue weighted by atomic mass is 10.0. The molecule has 0 saturated heterocycles. The van der Waals surface area contributed by atoms with Crippen LogP contribution in [0.1, 0.15) is 79.9 Å². The van der Waals surface area contributed by atoms with E-state index in [1.54, 1.807) is 32.9 Å². The van der Waals surface area contributed by atoms with Crippen LogP contribution < -0.4 is 22.5 Å². The molecule has 16 nitrogen and oxygen atoms in total. The second-order valence-corrected chi connectivity index (χ2v) is 12.9. The Kier molecular flexibility index (Phi) is 7.94. The summed E-state index contributed by atoms with van der Waals surface area (Å²) in [5.41, 5.74) is 20.5. The fourth-order valence-electron chi connectivity index (χ4n) is 6.26. The Morgan fingerprint density at radius 1 is 0.824 bits per heavy atom. The number of hydrogen-bond donors (Lipinski definition) is 7. The van der Waals surface area contributed by atoms with E-state index in [2.05, 4.69) is 25.3 Å². The van der Waals surface area contributed by atoms with Gasteiger partial charge in [-0.3, -0.25) is 23.5 Å². The van der Waals surface area contributed by atoms with Gasteiger partial charge < -0.3 is 37.8 Å². The SMILES string of the molecule is CC(=O)c1cnc2c(n1)c(C(N)=O)c(N)n2-c1c(C)cc(NC(=O)c2c(N)n(-c3c(C)ccc(O)c3C)c3ncc(C(C)(C)O)nc23)c(O)c1C. The molecule has 0 atom stereocenters. The summed E-state index contributed by atoms with van der Waals surface area (Å²) in [6.45, 7) is 11.1. The van der Waals surface area contributed by atoms with Crippen LogP contribution in [0.15, 0.2) is 30.6 Å². The van der Waals surface area contributed by atoms with Gasteiger partial charge in [0.05, 0.1) is 35.1 Å². The first-order valence-corrected chi connectivity index (χ1v) is 15.7. The van der Waals surface area contributed by atoms with Crippen molar-refractivity contribution in [3.05, 3.63) is 75.4 Å². The third-order valence-electron chi connectivity index (χ3n) is 8.86. The number of aromatic nitrogens is 6. The molecule has 2 amide bonds. The molecule has 0 radical (unpaired) electrons. The largest absolute Gasteiger partial charge is 0.508 e. The fraction of sp³-hybridized carbons (Fsp3) is 0.229.